The molecule has 2 fully saturated rings. The topological polar surface area (TPSA) is 57.7 Å². The number of hydrogen-bond acceptors (Lipinski definition) is 3. The van der Waals surface area contributed by atoms with Gasteiger partial charge in [0.1, 0.15) is 0 Å². The molecule has 1 atom stereocenters. The van der Waals surface area contributed by atoms with E-state index in [1.54, 1.807) is 4.90 Å². The van der Waals surface area contributed by atoms with Crippen molar-refractivity contribution in [1.82, 2.24) is 9.80 Å². The number of Topliss-reactive ketones (excluding diaryl/α,β-unsaturated/α-hetero) is 1. The zero-order valence-electron chi connectivity index (χ0n) is 18.2. The normalized spacial score (nSPS) is 22.2. The Kier molecular flexibility index (Phi) is 6.45. The van der Waals surface area contributed by atoms with Crippen LogP contribution in [0.25, 0.3) is 0 Å². The molecule has 0 saturated carbocycles. The smallest absolute Gasteiger partial charge is 0.289 e. The lowest BCUT2D eigenvalue weighted by Gasteiger charge is -2.39. The van der Waals surface area contributed by atoms with Crippen LogP contribution in [0.1, 0.15) is 70.4 Å². The van der Waals surface area contributed by atoms with Crippen LogP contribution >= 0.6 is 0 Å². The van der Waals surface area contributed by atoms with E-state index in [9.17, 15) is 14.4 Å². The molecule has 2 aliphatic rings. The molecule has 0 radical (unpaired) electrons. The number of ketones is 1. The van der Waals surface area contributed by atoms with Crippen molar-refractivity contribution in [3.8, 4) is 0 Å². The third kappa shape index (κ3) is 4.71. The largest absolute Gasteiger partial charge is 0.338 e. The third-order valence-electron chi connectivity index (χ3n) is 6.32. The molecular weight excluding hydrogens is 364 g/mol. The summed E-state index contributed by atoms with van der Waals surface area (Å²) in [6.07, 6.45) is 2.68. The fourth-order valence-corrected chi connectivity index (χ4v) is 4.59. The lowest BCUT2D eigenvalue weighted by Crippen LogP contribution is -2.50. The highest BCUT2D eigenvalue weighted by Gasteiger charge is 2.49. The molecule has 2 heterocycles. The fourth-order valence-electron chi connectivity index (χ4n) is 4.59. The second-order valence-electron chi connectivity index (χ2n) is 9.50. The van der Waals surface area contributed by atoms with Crippen molar-refractivity contribution < 1.29 is 14.4 Å². The van der Waals surface area contributed by atoms with Crippen molar-refractivity contribution in [2.24, 2.45) is 11.3 Å². The lowest BCUT2D eigenvalue weighted by molar-refractivity contribution is -0.149. The summed E-state index contributed by atoms with van der Waals surface area (Å²) in [6.45, 7) is 10.5. The number of benzene rings is 1. The Morgan fingerprint density at radius 1 is 1.03 bits per heavy atom. The Hall–Kier alpha value is -2.17. The summed E-state index contributed by atoms with van der Waals surface area (Å²) in [4.78, 5) is 41.6. The molecule has 0 bridgehead atoms. The van der Waals surface area contributed by atoms with Gasteiger partial charge < -0.3 is 9.80 Å². The molecule has 29 heavy (non-hydrogen) atoms. The molecular formula is C24H34N2O3. The summed E-state index contributed by atoms with van der Waals surface area (Å²) in [5, 5.41) is 0. The van der Waals surface area contributed by atoms with E-state index in [2.05, 4.69) is 38.1 Å². The molecule has 1 spiro atoms. The molecule has 1 aromatic carbocycles. The van der Waals surface area contributed by atoms with E-state index in [4.69, 9.17) is 0 Å². The first-order valence-electron chi connectivity index (χ1n) is 10.9. The van der Waals surface area contributed by atoms with Crippen molar-refractivity contribution in [2.75, 3.05) is 19.6 Å². The van der Waals surface area contributed by atoms with Gasteiger partial charge in [0.25, 0.3) is 5.91 Å². The van der Waals surface area contributed by atoms with Crippen LogP contribution in [0.2, 0.25) is 0 Å². The maximum Gasteiger partial charge on any atom is 0.289 e. The molecule has 2 amide bonds. The first-order valence-corrected chi connectivity index (χ1v) is 10.9. The average molecular weight is 399 g/mol. The summed E-state index contributed by atoms with van der Waals surface area (Å²) >= 11 is 0. The van der Waals surface area contributed by atoms with E-state index >= 15 is 0 Å². The molecule has 0 N–H and O–H groups in total. The molecule has 5 heteroatoms. The Bertz CT molecular complexity index is 769. The summed E-state index contributed by atoms with van der Waals surface area (Å²) in [5.74, 6) is 0.0525. The van der Waals surface area contributed by atoms with E-state index in [0.29, 0.717) is 32.0 Å². The number of carbonyl (C=O) groups excluding carboxylic acids is 3. The van der Waals surface area contributed by atoms with Gasteiger partial charge in [0.2, 0.25) is 11.7 Å². The highest BCUT2D eigenvalue weighted by Crippen LogP contribution is 2.40. The van der Waals surface area contributed by atoms with Gasteiger partial charge in [-0.2, -0.15) is 0 Å². The number of likely N-dealkylation sites (tertiary alicyclic amines) is 2. The van der Waals surface area contributed by atoms with Gasteiger partial charge in [0, 0.05) is 32.6 Å². The fraction of sp³-hybridized carbons (Fsp3) is 0.625. The van der Waals surface area contributed by atoms with Gasteiger partial charge in [0.05, 0.1) is 5.41 Å². The predicted molar refractivity (Wildman–Crippen MR) is 113 cm³/mol. The highest BCUT2D eigenvalue weighted by atomic mass is 16.2. The molecule has 1 aromatic rings. The standard InChI is InChI=1S/C24H34N2O3/c1-17(2)14-21(27)22(28)26-13-11-24(16-26)10-5-12-25(23(24)29)15-19-6-8-20(9-7-19)18(3)4/h6-9,17-18H,5,10-16H2,1-4H3/t24-/m0/s1. The monoisotopic (exact) mass is 398 g/mol. The summed E-state index contributed by atoms with van der Waals surface area (Å²) in [7, 11) is 0. The molecule has 5 nitrogen and oxygen atoms in total. The number of amides is 2. The highest BCUT2D eigenvalue weighted by molar-refractivity contribution is 6.36. The van der Waals surface area contributed by atoms with Crippen molar-refractivity contribution in [2.45, 2.75) is 65.8 Å². The second kappa shape index (κ2) is 8.68. The van der Waals surface area contributed by atoms with E-state index in [1.165, 1.54) is 5.56 Å². The Morgan fingerprint density at radius 3 is 2.34 bits per heavy atom. The zero-order chi connectivity index (χ0) is 21.2. The molecule has 0 aromatic heterocycles. The van der Waals surface area contributed by atoms with Crippen molar-refractivity contribution in [3.63, 3.8) is 0 Å². The van der Waals surface area contributed by atoms with E-state index in [0.717, 1.165) is 24.9 Å². The van der Waals surface area contributed by atoms with E-state index in [-0.39, 0.29) is 24.0 Å². The second-order valence-corrected chi connectivity index (χ2v) is 9.50. The third-order valence-corrected chi connectivity index (χ3v) is 6.32. The maximum absolute atomic E-state index is 13.3. The summed E-state index contributed by atoms with van der Waals surface area (Å²) in [5.41, 5.74) is 1.92. The molecule has 3 rings (SSSR count). The van der Waals surface area contributed by atoms with Crippen molar-refractivity contribution >= 4 is 17.6 Å². The molecule has 158 valence electrons. The quantitative estimate of drug-likeness (QED) is 0.686. The van der Waals surface area contributed by atoms with E-state index < -0.39 is 11.3 Å². The van der Waals surface area contributed by atoms with Crippen LogP contribution in [-0.4, -0.2) is 47.0 Å². The van der Waals surface area contributed by atoms with Gasteiger partial charge in [-0.25, -0.2) is 0 Å². The first-order chi connectivity index (χ1) is 13.7. The Balaban J connectivity index is 1.66. The van der Waals surface area contributed by atoms with Gasteiger partial charge in [0.15, 0.2) is 0 Å². The minimum Gasteiger partial charge on any atom is -0.338 e. The van der Waals surface area contributed by atoms with Crippen molar-refractivity contribution in [1.29, 1.82) is 0 Å². The van der Waals surface area contributed by atoms with Gasteiger partial charge in [-0.3, -0.25) is 14.4 Å². The maximum atomic E-state index is 13.3. The molecule has 0 aliphatic carbocycles. The number of carbonyl (C=O) groups is 3. The number of piperidine rings is 1. The molecule has 2 saturated heterocycles. The number of rotatable bonds is 6. The van der Waals surface area contributed by atoms with E-state index in [1.807, 2.05) is 18.7 Å². The van der Waals surface area contributed by atoms with Gasteiger partial charge in [-0.1, -0.05) is 52.0 Å². The minimum absolute atomic E-state index is 0.142. The van der Waals surface area contributed by atoms with Crippen LogP contribution in [0.5, 0.6) is 0 Å². The predicted octanol–water partition coefficient (Wildman–Crippen LogP) is 3.77. The SMILES string of the molecule is CC(C)CC(=O)C(=O)N1CC[C@@]2(CCCN(Cc3ccc(C(C)C)cc3)C2=O)C1. The van der Waals surface area contributed by atoms with Crippen LogP contribution < -0.4 is 0 Å². The van der Waals surface area contributed by atoms with Gasteiger partial charge >= 0.3 is 0 Å². The summed E-state index contributed by atoms with van der Waals surface area (Å²) in [6, 6.07) is 8.50. The van der Waals surface area contributed by atoms with Crippen molar-refractivity contribution in [3.05, 3.63) is 35.4 Å². The number of hydrogen-bond donors (Lipinski definition) is 0. The van der Waals surface area contributed by atoms with Crippen LogP contribution in [-0.2, 0) is 20.9 Å². The zero-order valence-corrected chi connectivity index (χ0v) is 18.2. The molecule has 0 unspecified atom stereocenters. The Labute approximate surface area is 174 Å². The van der Waals surface area contributed by atoms with Crippen LogP contribution in [0.3, 0.4) is 0 Å². The van der Waals surface area contributed by atoms with Crippen LogP contribution in [0.4, 0.5) is 0 Å². The minimum atomic E-state index is -0.510. The lowest BCUT2D eigenvalue weighted by atomic mass is 9.78. The first kappa shape index (κ1) is 21.5. The average Bonchev–Trinajstić information content (AvgIpc) is 3.10. The molecule has 2 aliphatic heterocycles. The van der Waals surface area contributed by atoms with Gasteiger partial charge in [-0.15, -0.1) is 0 Å². The number of nitrogens with zero attached hydrogens (tertiary/aromatic N) is 2. The van der Waals surface area contributed by atoms with Crippen LogP contribution in [0, 0.1) is 11.3 Å². The summed E-state index contributed by atoms with van der Waals surface area (Å²) < 4.78 is 0. The van der Waals surface area contributed by atoms with Crippen LogP contribution in [0.15, 0.2) is 24.3 Å². The van der Waals surface area contributed by atoms with Gasteiger partial charge in [-0.05, 0) is 42.2 Å². The Morgan fingerprint density at radius 2 is 1.72 bits per heavy atom.